The number of carbonyl (C=O) groups excluding carboxylic acids is 1. The van der Waals surface area contributed by atoms with Gasteiger partial charge in [0.05, 0.1) is 18.3 Å². The maximum Gasteiger partial charge on any atom is 0.255 e. The smallest absolute Gasteiger partial charge is 0.255 e. The van der Waals surface area contributed by atoms with Crippen LogP contribution in [0, 0.1) is 0 Å². The topological polar surface area (TPSA) is 88.5 Å². The lowest BCUT2D eigenvalue weighted by Crippen LogP contribution is -2.48. The van der Waals surface area contributed by atoms with Crippen LogP contribution >= 0.6 is 0 Å². The van der Waals surface area contributed by atoms with Crippen LogP contribution in [-0.4, -0.2) is 53.4 Å². The first kappa shape index (κ1) is 16.7. The summed E-state index contributed by atoms with van der Waals surface area (Å²) in [6.45, 7) is 4.84. The number of rotatable bonds is 3. The van der Waals surface area contributed by atoms with Crippen molar-refractivity contribution >= 4 is 11.6 Å². The molecule has 4 heterocycles. The first-order valence-corrected chi connectivity index (χ1v) is 8.83. The number of pyridine rings is 1. The van der Waals surface area contributed by atoms with Crippen LogP contribution in [0.5, 0.6) is 0 Å². The Kier molecular flexibility index (Phi) is 3.99. The molecular weight excluding hydrogens is 332 g/mol. The van der Waals surface area contributed by atoms with Crippen molar-refractivity contribution in [2.45, 2.75) is 38.3 Å². The number of imidazole rings is 1. The number of nitrogens with zero attached hydrogens (tertiary/aromatic N) is 6. The van der Waals surface area contributed by atoms with Crippen molar-refractivity contribution in [3.05, 3.63) is 48.2 Å². The second-order valence-electron chi connectivity index (χ2n) is 7.15. The molecule has 8 nitrogen and oxygen atoms in total. The fourth-order valence-corrected chi connectivity index (χ4v) is 3.39. The van der Waals surface area contributed by atoms with Crippen molar-refractivity contribution < 1.29 is 9.90 Å². The molecule has 1 amide bonds. The highest BCUT2D eigenvalue weighted by Crippen LogP contribution is 2.31. The summed E-state index contributed by atoms with van der Waals surface area (Å²) in [5.41, 5.74) is 0.724. The van der Waals surface area contributed by atoms with E-state index in [0.717, 1.165) is 5.65 Å². The van der Waals surface area contributed by atoms with Gasteiger partial charge >= 0.3 is 0 Å². The zero-order chi connectivity index (χ0) is 18.3. The van der Waals surface area contributed by atoms with Gasteiger partial charge in [0, 0.05) is 31.2 Å². The van der Waals surface area contributed by atoms with Gasteiger partial charge in [-0.25, -0.2) is 9.67 Å². The second-order valence-corrected chi connectivity index (χ2v) is 7.15. The number of aromatic nitrogens is 5. The molecule has 3 aromatic rings. The van der Waals surface area contributed by atoms with Crippen LogP contribution in [0.15, 0.2) is 36.9 Å². The molecule has 0 aromatic carbocycles. The fourth-order valence-electron chi connectivity index (χ4n) is 3.39. The Hall–Kier alpha value is -2.74. The normalized spacial score (nSPS) is 20.8. The average molecular weight is 354 g/mol. The van der Waals surface area contributed by atoms with Crippen molar-refractivity contribution in [3.8, 4) is 0 Å². The molecule has 1 saturated heterocycles. The van der Waals surface area contributed by atoms with E-state index in [1.54, 1.807) is 34.2 Å². The molecule has 0 radical (unpaired) electrons. The van der Waals surface area contributed by atoms with E-state index in [9.17, 15) is 9.90 Å². The lowest BCUT2D eigenvalue weighted by molar-refractivity contribution is -0.0320. The lowest BCUT2D eigenvalue weighted by Gasteiger charge is -2.38. The van der Waals surface area contributed by atoms with Gasteiger partial charge in [0.1, 0.15) is 16.9 Å². The van der Waals surface area contributed by atoms with Gasteiger partial charge in [0.2, 0.25) is 0 Å². The van der Waals surface area contributed by atoms with Crippen molar-refractivity contribution in [1.29, 1.82) is 0 Å². The summed E-state index contributed by atoms with van der Waals surface area (Å²) in [5, 5.41) is 19.3. The third kappa shape index (κ3) is 2.86. The molecule has 0 spiro atoms. The molecule has 1 unspecified atom stereocenters. The summed E-state index contributed by atoms with van der Waals surface area (Å²) in [6, 6.07) is 3.76. The van der Waals surface area contributed by atoms with Crippen LogP contribution in [0.2, 0.25) is 0 Å². The van der Waals surface area contributed by atoms with Crippen LogP contribution in [-0.2, 0) is 5.60 Å². The van der Waals surface area contributed by atoms with E-state index in [1.165, 1.54) is 0 Å². The number of amides is 1. The van der Waals surface area contributed by atoms with E-state index >= 15 is 0 Å². The molecule has 0 saturated carbocycles. The van der Waals surface area contributed by atoms with E-state index in [0.29, 0.717) is 30.6 Å². The summed E-state index contributed by atoms with van der Waals surface area (Å²) >= 11 is 0. The third-order valence-corrected chi connectivity index (χ3v) is 4.91. The summed E-state index contributed by atoms with van der Waals surface area (Å²) < 4.78 is 3.54. The number of hydrogen-bond donors (Lipinski definition) is 1. The number of carbonyl (C=O) groups is 1. The van der Waals surface area contributed by atoms with E-state index in [-0.39, 0.29) is 18.5 Å². The summed E-state index contributed by atoms with van der Waals surface area (Å²) in [6.07, 6.45) is 8.33. The van der Waals surface area contributed by atoms with Crippen molar-refractivity contribution in [2.24, 2.45) is 0 Å². The molecule has 0 bridgehead atoms. The first-order chi connectivity index (χ1) is 12.5. The minimum absolute atomic E-state index is 0.102. The quantitative estimate of drug-likeness (QED) is 0.772. The van der Waals surface area contributed by atoms with Crippen LogP contribution in [0.25, 0.3) is 5.65 Å². The SMILES string of the molecule is CC(C)n1cc(C2(O)CCCN(C(=O)c3ccc4nccn4c3)C2)nn1. The van der Waals surface area contributed by atoms with Crippen LogP contribution in [0.1, 0.15) is 48.8 Å². The second kappa shape index (κ2) is 6.21. The van der Waals surface area contributed by atoms with Crippen molar-refractivity contribution in [3.63, 3.8) is 0 Å². The molecule has 0 aliphatic carbocycles. The van der Waals surface area contributed by atoms with Crippen molar-refractivity contribution in [1.82, 2.24) is 29.3 Å². The average Bonchev–Trinajstić information content (AvgIpc) is 3.30. The number of β-amino-alcohol motifs (C(OH)–C–C–N with tert-alkyl or cyclic N) is 1. The van der Waals surface area contributed by atoms with Crippen LogP contribution < -0.4 is 0 Å². The van der Waals surface area contributed by atoms with Crippen LogP contribution in [0.3, 0.4) is 0 Å². The predicted molar refractivity (Wildman–Crippen MR) is 94.6 cm³/mol. The van der Waals surface area contributed by atoms with Crippen molar-refractivity contribution in [2.75, 3.05) is 13.1 Å². The number of likely N-dealkylation sites (tertiary alicyclic amines) is 1. The zero-order valence-electron chi connectivity index (χ0n) is 14.9. The predicted octanol–water partition coefficient (Wildman–Crippen LogP) is 1.63. The van der Waals surface area contributed by atoms with E-state index in [1.807, 2.05) is 30.5 Å². The van der Waals surface area contributed by atoms with E-state index < -0.39 is 5.60 Å². The highest BCUT2D eigenvalue weighted by atomic mass is 16.3. The van der Waals surface area contributed by atoms with Gasteiger partial charge in [-0.3, -0.25) is 4.79 Å². The minimum Gasteiger partial charge on any atom is -0.382 e. The molecule has 1 N–H and O–H groups in total. The molecule has 8 heteroatoms. The number of piperidine rings is 1. The summed E-state index contributed by atoms with van der Waals surface area (Å²) in [4.78, 5) is 18.8. The highest BCUT2D eigenvalue weighted by molar-refractivity contribution is 5.94. The maximum atomic E-state index is 12.9. The standard InChI is InChI=1S/C18H22N6O2/c1-13(2)24-11-15(20-21-24)18(26)6-3-8-23(12-18)17(25)14-4-5-16-19-7-9-22(16)10-14/h4-5,7,9-11,13,26H,3,6,8,12H2,1-2H3. The molecule has 3 aromatic heterocycles. The Balaban J connectivity index is 1.57. The molecule has 136 valence electrons. The minimum atomic E-state index is -1.17. The maximum absolute atomic E-state index is 12.9. The molecule has 1 fully saturated rings. The largest absolute Gasteiger partial charge is 0.382 e. The van der Waals surface area contributed by atoms with Gasteiger partial charge in [-0.2, -0.15) is 0 Å². The lowest BCUT2D eigenvalue weighted by atomic mass is 9.89. The molecule has 1 atom stereocenters. The Morgan fingerprint density at radius 1 is 1.31 bits per heavy atom. The van der Waals surface area contributed by atoms with Gasteiger partial charge in [0.25, 0.3) is 5.91 Å². The van der Waals surface area contributed by atoms with E-state index in [2.05, 4.69) is 15.3 Å². The first-order valence-electron chi connectivity index (χ1n) is 8.83. The van der Waals surface area contributed by atoms with Gasteiger partial charge < -0.3 is 14.4 Å². The van der Waals surface area contributed by atoms with E-state index in [4.69, 9.17) is 0 Å². The summed E-state index contributed by atoms with van der Waals surface area (Å²) in [5.74, 6) is -0.102. The molecule has 1 aliphatic rings. The Morgan fingerprint density at radius 2 is 2.15 bits per heavy atom. The Bertz CT molecular complexity index is 946. The Morgan fingerprint density at radius 3 is 2.92 bits per heavy atom. The molecule has 1 aliphatic heterocycles. The van der Waals surface area contributed by atoms with Gasteiger partial charge in [-0.1, -0.05) is 5.21 Å². The van der Waals surface area contributed by atoms with Crippen LogP contribution in [0.4, 0.5) is 0 Å². The summed E-state index contributed by atoms with van der Waals surface area (Å²) in [7, 11) is 0. The molecule has 4 rings (SSSR count). The number of hydrogen-bond acceptors (Lipinski definition) is 5. The molecular formula is C18H22N6O2. The monoisotopic (exact) mass is 354 g/mol. The number of fused-ring (bicyclic) bond motifs is 1. The van der Waals surface area contributed by atoms with Gasteiger partial charge in [-0.15, -0.1) is 5.10 Å². The highest BCUT2D eigenvalue weighted by Gasteiger charge is 2.39. The molecule has 26 heavy (non-hydrogen) atoms. The Labute approximate surface area is 151 Å². The zero-order valence-corrected chi connectivity index (χ0v) is 14.9. The van der Waals surface area contributed by atoms with Gasteiger partial charge in [0.15, 0.2) is 0 Å². The third-order valence-electron chi connectivity index (χ3n) is 4.91. The fraction of sp³-hybridized carbons (Fsp3) is 0.444. The number of aliphatic hydroxyl groups is 1. The van der Waals surface area contributed by atoms with Gasteiger partial charge in [-0.05, 0) is 38.8 Å².